The summed E-state index contributed by atoms with van der Waals surface area (Å²) >= 11 is 6.12. The topological polar surface area (TPSA) is 76.8 Å². The summed E-state index contributed by atoms with van der Waals surface area (Å²) in [6.45, 7) is 2.91. The zero-order valence-electron chi connectivity index (χ0n) is 17.3. The molecule has 9 heteroatoms. The van der Waals surface area contributed by atoms with Crippen LogP contribution in [0.3, 0.4) is 0 Å². The minimum atomic E-state index is -0.398. The summed E-state index contributed by atoms with van der Waals surface area (Å²) in [5.74, 6) is 0.0842. The van der Waals surface area contributed by atoms with E-state index in [0.29, 0.717) is 52.7 Å². The molecular formula is C23H20ClFN6O. The highest BCUT2D eigenvalue weighted by atomic mass is 35.5. The van der Waals surface area contributed by atoms with Crippen molar-refractivity contribution in [1.82, 2.24) is 29.9 Å². The van der Waals surface area contributed by atoms with E-state index in [1.807, 2.05) is 25.1 Å². The number of amides is 1. The van der Waals surface area contributed by atoms with Crippen molar-refractivity contribution in [2.75, 3.05) is 13.1 Å². The van der Waals surface area contributed by atoms with Crippen LogP contribution in [-0.2, 0) is 6.42 Å². The largest absolute Gasteiger partial charge is 0.338 e. The average Bonchev–Trinajstić information content (AvgIpc) is 3.35. The smallest absolute Gasteiger partial charge is 0.256 e. The Morgan fingerprint density at radius 3 is 2.50 bits per heavy atom. The van der Waals surface area contributed by atoms with E-state index >= 15 is 0 Å². The average molecular weight is 451 g/mol. The SMILES string of the molecule is CCN(CCc1ncc(-c2ccc(F)cc2Cl)cn1)C(=O)c1ccccc1-n1nccn1. The van der Waals surface area contributed by atoms with Gasteiger partial charge >= 0.3 is 0 Å². The quantitative estimate of drug-likeness (QED) is 0.421. The van der Waals surface area contributed by atoms with Crippen LogP contribution in [0.1, 0.15) is 23.1 Å². The second-order valence-electron chi connectivity index (χ2n) is 6.98. The maximum absolute atomic E-state index is 13.3. The summed E-state index contributed by atoms with van der Waals surface area (Å²) in [6.07, 6.45) is 6.92. The standard InChI is InChI=1S/C23H20ClFN6O/c1-2-30(23(32)19-5-3-4-6-21(19)31-28-10-11-29-31)12-9-22-26-14-16(15-27-22)18-8-7-17(25)13-20(18)24/h3-8,10-11,13-15H,2,9,12H2,1H3. The molecule has 0 unspecified atom stereocenters. The third-order valence-corrected chi connectivity index (χ3v) is 5.30. The molecule has 0 radical (unpaired) electrons. The molecule has 2 heterocycles. The Balaban J connectivity index is 1.47. The number of para-hydroxylation sites is 1. The monoisotopic (exact) mass is 450 g/mol. The van der Waals surface area contributed by atoms with Crippen LogP contribution in [0.15, 0.2) is 67.3 Å². The summed E-state index contributed by atoms with van der Waals surface area (Å²) in [5.41, 5.74) is 2.50. The van der Waals surface area contributed by atoms with E-state index in [9.17, 15) is 9.18 Å². The second kappa shape index (κ2) is 9.65. The molecule has 1 amide bonds. The molecule has 0 aliphatic heterocycles. The van der Waals surface area contributed by atoms with Gasteiger partial charge in [-0.3, -0.25) is 4.79 Å². The van der Waals surface area contributed by atoms with Gasteiger partial charge in [-0.15, -0.1) is 0 Å². The Hall–Kier alpha value is -3.65. The molecule has 4 rings (SSSR count). The number of benzene rings is 2. The van der Waals surface area contributed by atoms with Gasteiger partial charge in [-0.05, 0) is 37.3 Å². The fraction of sp³-hybridized carbons (Fsp3) is 0.174. The Morgan fingerprint density at radius 1 is 1.09 bits per heavy atom. The van der Waals surface area contributed by atoms with E-state index in [4.69, 9.17) is 11.6 Å². The molecule has 0 bridgehead atoms. The highest BCUT2D eigenvalue weighted by molar-refractivity contribution is 6.33. The zero-order valence-corrected chi connectivity index (χ0v) is 18.1. The number of aromatic nitrogens is 5. The summed E-state index contributed by atoms with van der Waals surface area (Å²) in [6, 6.07) is 11.4. The van der Waals surface area contributed by atoms with Gasteiger partial charge in [-0.25, -0.2) is 14.4 Å². The fourth-order valence-corrected chi connectivity index (χ4v) is 3.60. The van der Waals surface area contributed by atoms with Crippen LogP contribution in [0, 0.1) is 5.82 Å². The highest BCUT2D eigenvalue weighted by Gasteiger charge is 2.19. The van der Waals surface area contributed by atoms with Crippen molar-refractivity contribution in [2.45, 2.75) is 13.3 Å². The van der Waals surface area contributed by atoms with Crippen LogP contribution in [-0.4, -0.2) is 48.9 Å². The van der Waals surface area contributed by atoms with E-state index < -0.39 is 5.82 Å². The van der Waals surface area contributed by atoms with E-state index in [1.165, 1.54) is 16.9 Å². The van der Waals surface area contributed by atoms with E-state index in [1.54, 1.807) is 41.8 Å². The van der Waals surface area contributed by atoms with Gasteiger partial charge in [0, 0.05) is 43.0 Å². The lowest BCUT2D eigenvalue weighted by molar-refractivity contribution is 0.0765. The minimum absolute atomic E-state index is 0.116. The molecule has 2 aromatic carbocycles. The third kappa shape index (κ3) is 4.65. The van der Waals surface area contributed by atoms with Crippen molar-refractivity contribution in [3.05, 3.63) is 89.5 Å². The number of hydrogen-bond donors (Lipinski definition) is 0. The zero-order chi connectivity index (χ0) is 22.5. The predicted octanol–water partition coefficient (Wildman–Crippen LogP) is 4.22. The molecule has 7 nitrogen and oxygen atoms in total. The molecule has 0 spiro atoms. The van der Waals surface area contributed by atoms with Crippen LogP contribution in [0.25, 0.3) is 16.8 Å². The Kier molecular flexibility index (Phi) is 6.51. The summed E-state index contributed by atoms with van der Waals surface area (Å²) in [5, 5.41) is 8.57. The van der Waals surface area contributed by atoms with Crippen molar-refractivity contribution < 1.29 is 9.18 Å². The second-order valence-corrected chi connectivity index (χ2v) is 7.39. The molecule has 0 saturated carbocycles. The number of rotatable bonds is 7. The normalized spacial score (nSPS) is 10.8. The number of carbonyl (C=O) groups excluding carboxylic acids is 1. The van der Waals surface area contributed by atoms with Crippen molar-refractivity contribution in [3.63, 3.8) is 0 Å². The minimum Gasteiger partial charge on any atom is -0.338 e. The van der Waals surface area contributed by atoms with Crippen LogP contribution < -0.4 is 0 Å². The van der Waals surface area contributed by atoms with Gasteiger partial charge in [0.25, 0.3) is 5.91 Å². The number of hydrogen-bond acceptors (Lipinski definition) is 5. The molecule has 2 aromatic heterocycles. The van der Waals surface area contributed by atoms with Crippen LogP contribution in [0.2, 0.25) is 5.02 Å². The molecule has 0 N–H and O–H groups in total. The first-order chi connectivity index (χ1) is 15.6. The number of likely N-dealkylation sites (N-methyl/N-ethyl adjacent to an activating group) is 1. The maximum Gasteiger partial charge on any atom is 0.256 e. The first-order valence-corrected chi connectivity index (χ1v) is 10.5. The molecule has 0 aliphatic carbocycles. The fourth-order valence-electron chi connectivity index (χ4n) is 3.32. The molecule has 4 aromatic rings. The lowest BCUT2D eigenvalue weighted by Crippen LogP contribution is -2.33. The number of halogens is 2. The summed E-state index contributed by atoms with van der Waals surface area (Å²) in [7, 11) is 0. The Labute approximate surface area is 189 Å². The van der Waals surface area contributed by atoms with Crippen molar-refractivity contribution >= 4 is 17.5 Å². The molecule has 0 fully saturated rings. The lowest BCUT2D eigenvalue weighted by Gasteiger charge is -2.21. The van der Waals surface area contributed by atoms with Gasteiger partial charge in [0.1, 0.15) is 11.6 Å². The Morgan fingerprint density at radius 2 is 1.81 bits per heavy atom. The van der Waals surface area contributed by atoms with E-state index in [2.05, 4.69) is 20.2 Å². The maximum atomic E-state index is 13.3. The lowest BCUT2D eigenvalue weighted by atomic mass is 10.1. The molecule has 162 valence electrons. The molecule has 0 atom stereocenters. The van der Waals surface area contributed by atoms with Gasteiger partial charge in [0.05, 0.1) is 28.7 Å². The molecular weight excluding hydrogens is 431 g/mol. The van der Waals surface area contributed by atoms with E-state index in [-0.39, 0.29) is 5.91 Å². The Bertz CT molecular complexity index is 1210. The summed E-state index contributed by atoms with van der Waals surface area (Å²) < 4.78 is 13.3. The van der Waals surface area contributed by atoms with Crippen LogP contribution in [0.4, 0.5) is 4.39 Å². The van der Waals surface area contributed by atoms with Gasteiger partial charge < -0.3 is 4.90 Å². The molecule has 0 saturated heterocycles. The van der Waals surface area contributed by atoms with Gasteiger partial charge in [0.15, 0.2) is 0 Å². The molecule has 32 heavy (non-hydrogen) atoms. The highest BCUT2D eigenvalue weighted by Crippen LogP contribution is 2.27. The first-order valence-electron chi connectivity index (χ1n) is 10.1. The van der Waals surface area contributed by atoms with Crippen LogP contribution >= 0.6 is 11.6 Å². The van der Waals surface area contributed by atoms with Crippen molar-refractivity contribution in [3.8, 4) is 16.8 Å². The molecule has 0 aliphatic rings. The van der Waals surface area contributed by atoms with E-state index in [0.717, 1.165) is 0 Å². The van der Waals surface area contributed by atoms with Gasteiger partial charge in [-0.1, -0.05) is 23.7 Å². The van der Waals surface area contributed by atoms with Crippen molar-refractivity contribution in [2.24, 2.45) is 0 Å². The number of carbonyl (C=O) groups is 1. The van der Waals surface area contributed by atoms with Crippen molar-refractivity contribution in [1.29, 1.82) is 0 Å². The predicted molar refractivity (Wildman–Crippen MR) is 119 cm³/mol. The van der Waals surface area contributed by atoms with Gasteiger partial charge in [-0.2, -0.15) is 15.0 Å². The third-order valence-electron chi connectivity index (χ3n) is 4.99. The van der Waals surface area contributed by atoms with Gasteiger partial charge in [0.2, 0.25) is 0 Å². The summed E-state index contributed by atoms with van der Waals surface area (Å²) in [4.78, 5) is 25.1. The first kappa shape index (κ1) is 21.6. The van der Waals surface area contributed by atoms with Crippen LogP contribution in [0.5, 0.6) is 0 Å². The number of nitrogens with zero attached hydrogens (tertiary/aromatic N) is 6.